The average molecular weight is 341 g/mol. The fraction of sp³-hybridized carbons (Fsp3) is 0.200. The van der Waals surface area contributed by atoms with Crippen molar-refractivity contribution in [1.29, 1.82) is 0 Å². The van der Waals surface area contributed by atoms with Gasteiger partial charge < -0.3 is 9.47 Å². The molecule has 122 valence electrons. The molecule has 5 nitrogen and oxygen atoms in total. The second-order valence-electron chi connectivity index (χ2n) is 4.88. The standard InChI is InChI=1S/C15H13F2NO4S/c16-12-3-2-11(8-13(12)17)23(19,20)18-9-10-1-4-14-15(7-10)22-6-5-21-14/h1-4,7-8,18H,5-6,9H2. The summed E-state index contributed by atoms with van der Waals surface area (Å²) >= 11 is 0. The molecule has 2 aromatic rings. The van der Waals surface area contributed by atoms with E-state index in [0.717, 1.165) is 12.1 Å². The maximum Gasteiger partial charge on any atom is 0.240 e. The number of sulfonamides is 1. The van der Waals surface area contributed by atoms with Gasteiger partial charge in [0.15, 0.2) is 23.1 Å². The van der Waals surface area contributed by atoms with E-state index in [-0.39, 0.29) is 11.4 Å². The Labute approximate surface area is 131 Å². The number of hydrogen-bond donors (Lipinski definition) is 1. The van der Waals surface area contributed by atoms with Crippen LogP contribution in [0.4, 0.5) is 8.78 Å². The summed E-state index contributed by atoms with van der Waals surface area (Å²) in [6.45, 7) is 0.879. The monoisotopic (exact) mass is 341 g/mol. The summed E-state index contributed by atoms with van der Waals surface area (Å²) in [5, 5.41) is 0. The Hall–Kier alpha value is -2.19. The quantitative estimate of drug-likeness (QED) is 0.926. The van der Waals surface area contributed by atoms with Gasteiger partial charge in [-0.15, -0.1) is 0 Å². The lowest BCUT2D eigenvalue weighted by atomic mass is 10.2. The fourth-order valence-corrected chi connectivity index (χ4v) is 3.13. The third-order valence-electron chi connectivity index (χ3n) is 3.27. The van der Waals surface area contributed by atoms with E-state index < -0.39 is 21.7 Å². The van der Waals surface area contributed by atoms with Crippen molar-refractivity contribution < 1.29 is 26.7 Å². The van der Waals surface area contributed by atoms with Gasteiger partial charge in [0, 0.05) is 6.54 Å². The van der Waals surface area contributed by atoms with Crippen LogP contribution in [-0.2, 0) is 16.6 Å². The van der Waals surface area contributed by atoms with Gasteiger partial charge in [0.1, 0.15) is 13.2 Å². The molecule has 8 heteroatoms. The molecule has 0 amide bonds. The van der Waals surface area contributed by atoms with Crippen molar-refractivity contribution in [1.82, 2.24) is 4.72 Å². The molecule has 1 aliphatic heterocycles. The number of fused-ring (bicyclic) bond motifs is 1. The molecular formula is C15H13F2NO4S. The molecule has 0 atom stereocenters. The molecule has 1 N–H and O–H groups in total. The normalized spacial score (nSPS) is 13.8. The Morgan fingerprint density at radius 2 is 1.70 bits per heavy atom. The fourth-order valence-electron chi connectivity index (χ4n) is 2.10. The topological polar surface area (TPSA) is 64.6 Å². The van der Waals surface area contributed by atoms with Crippen LogP contribution in [0.1, 0.15) is 5.56 Å². The van der Waals surface area contributed by atoms with Crippen LogP contribution >= 0.6 is 0 Å². The molecule has 0 spiro atoms. The molecule has 2 aromatic carbocycles. The Morgan fingerprint density at radius 1 is 0.957 bits per heavy atom. The number of halogens is 2. The Bertz CT molecular complexity index is 839. The van der Waals surface area contributed by atoms with Crippen LogP contribution in [0.2, 0.25) is 0 Å². The van der Waals surface area contributed by atoms with Crippen molar-refractivity contribution in [2.24, 2.45) is 0 Å². The zero-order chi connectivity index (χ0) is 16.4. The maximum absolute atomic E-state index is 13.2. The summed E-state index contributed by atoms with van der Waals surface area (Å²) in [5.74, 6) is -1.17. The summed E-state index contributed by atoms with van der Waals surface area (Å²) in [7, 11) is -3.95. The van der Waals surface area contributed by atoms with Crippen LogP contribution in [0.5, 0.6) is 11.5 Å². The second-order valence-corrected chi connectivity index (χ2v) is 6.65. The predicted octanol–water partition coefficient (Wildman–Crippen LogP) is 2.21. The van der Waals surface area contributed by atoms with Gasteiger partial charge in [-0.25, -0.2) is 21.9 Å². The van der Waals surface area contributed by atoms with E-state index in [0.29, 0.717) is 36.3 Å². The number of rotatable bonds is 4. The zero-order valence-corrected chi connectivity index (χ0v) is 12.7. The smallest absolute Gasteiger partial charge is 0.240 e. The molecule has 0 saturated heterocycles. The summed E-state index contributed by atoms with van der Waals surface area (Å²) in [4.78, 5) is -0.339. The van der Waals surface area contributed by atoms with Crippen molar-refractivity contribution in [3.05, 3.63) is 53.6 Å². The minimum absolute atomic E-state index is 0.0159. The Morgan fingerprint density at radius 3 is 2.43 bits per heavy atom. The molecule has 3 rings (SSSR count). The van der Waals surface area contributed by atoms with Crippen LogP contribution in [0.15, 0.2) is 41.3 Å². The number of hydrogen-bond acceptors (Lipinski definition) is 4. The third-order valence-corrected chi connectivity index (χ3v) is 4.67. The van der Waals surface area contributed by atoms with Gasteiger partial charge in [0.25, 0.3) is 0 Å². The summed E-state index contributed by atoms with van der Waals surface area (Å²) in [5.41, 5.74) is 0.653. The lowest BCUT2D eigenvalue weighted by Crippen LogP contribution is -2.23. The summed E-state index contributed by atoms with van der Waals surface area (Å²) < 4.78 is 63.4. The van der Waals surface area contributed by atoms with Crippen molar-refractivity contribution in [2.45, 2.75) is 11.4 Å². The van der Waals surface area contributed by atoms with Gasteiger partial charge in [-0.05, 0) is 35.9 Å². The highest BCUT2D eigenvalue weighted by molar-refractivity contribution is 7.89. The predicted molar refractivity (Wildman–Crippen MR) is 77.8 cm³/mol. The Kier molecular flexibility index (Phi) is 4.18. The van der Waals surface area contributed by atoms with Crippen LogP contribution in [0.25, 0.3) is 0 Å². The van der Waals surface area contributed by atoms with E-state index in [1.165, 1.54) is 0 Å². The molecular weight excluding hydrogens is 328 g/mol. The van der Waals surface area contributed by atoms with E-state index in [9.17, 15) is 17.2 Å². The first-order valence-electron chi connectivity index (χ1n) is 6.79. The van der Waals surface area contributed by atoms with Gasteiger partial charge in [0.05, 0.1) is 4.90 Å². The van der Waals surface area contributed by atoms with Crippen LogP contribution in [0.3, 0.4) is 0 Å². The SMILES string of the molecule is O=S(=O)(NCc1ccc2c(c1)OCCO2)c1ccc(F)c(F)c1. The van der Waals surface area contributed by atoms with Crippen LogP contribution in [-0.4, -0.2) is 21.6 Å². The molecule has 0 bridgehead atoms. The molecule has 0 radical (unpaired) electrons. The highest BCUT2D eigenvalue weighted by atomic mass is 32.2. The molecule has 1 heterocycles. The molecule has 1 aliphatic rings. The minimum atomic E-state index is -3.95. The minimum Gasteiger partial charge on any atom is -0.486 e. The van der Waals surface area contributed by atoms with Gasteiger partial charge >= 0.3 is 0 Å². The van der Waals surface area contributed by atoms with Crippen molar-refractivity contribution >= 4 is 10.0 Å². The Balaban J connectivity index is 1.75. The van der Waals surface area contributed by atoms with Gasteiger partial charge in [-0.3, -0.25) is 0 Å². The van der Waals surface area contributed by atoms with Crippen molar-refractivity contribution in [2.75, 3.05) is 13.2 Å². The zero-order valence-electron chi connectivity index (χ0n) is 11.9. The molecule has 0 unspecified atom stereocenters. The van der Waals surface area contributed by atoms with Crippen LogP contribution < -0.4 is 14.2 Å². The number of benzene rings is 2. The lowest BCUT2D eigenvalue weighted by molar-refractivity contribution is 0.171. The average Bonchev–Trinajstić information content (AvgIpc) is 2.55. The van der Waals surface area contributed by atoms with E-state index in [4.69, 9.17) is 9.47 Å². The van der Waals surface area contributed by atoms with E-state index >= 15 is 0 Å². The molecule has 0 aromatic heterocycles. The summed E-state index contributed by atoms with van der Waals surface area (Å²) in [6.07, 6.45) is 0. The van der Waals surface area contributed by atoms with E-state index in [1.807, 2.05) is 0 Å². The van der Waals surface area contributed by atoms with Crippen LogP contribution in [0, 0.1) is 11.6 Å². The first kappa shape index (κ1) is 15.7. The molecule has 23 heavy (non-hydrogen) atoms. The van der Waals surface area contributed by atoms with Crippen molar-refractivity contribution in [3.8, 4) is 11.5 Å². The van der Waals surface area contributed by atoms with E-state index in [2.05, 4.69) is 4.72 Å². The van der Waals surface area contributed by atoms with Crippen molar-refractivity contribution in [3.63, 3.8) is 0 Å². The second kappa shape index (κ2) is 6.13. The largest absolute Gasteiger partial charge is 0.486 e. The first-order valence-corrected chi connectivity index (χ1v) is 8.27. The summed E-state index contributed by atoms with van der Waals surface area (Å²) in [6, 6.07) is 7.47. The van der Waals surface area contributed by atoms with Gasteiger partial charge in [-0.2, -0.15) is 0 Å². The number of nitrogens with one attached hydrogen (secondary N) is 1. The highest BCUT2D eigenvalue weighted by Crippen LogP contribution is 2.30. The molecule has 0 saturated carbocycles. The number of ether oxygens (including phenoxy) is 2. The third kappa shape index (κ3) is 3.43. The lowest BCUT2D eigenvalue weighted by Gasteiger charge is -2.19. The molecule has 0 aliphatic carbocycles. The first-order chi connectivity index (χ1) is 11.0. The maximum atomic E-state index is 13.2. The van der Waals surface area contributed by atoms with Gasteiger partial charge in [0.2, 0.25) is 10.0 Å². The van der Waals surface area contributed by atoms with Gasteiger partial charge in [-0.1, -0.05) is 6.07 Å². The molecule has 0 fully saturated rings. The van der Waals surface area contributed by atoms with E-state index in [1.54, 1.807) is 18.2 Å². The highest BCUT2D eigenvalue weighted by Gasteiger charge is 2.17.